The molecule has 0 spiro atoms. The number of halogens is 1. The summed E-state index contributed by atoms with van der Waals surface area (Å²) in [5, 5.41) is 10.6. The van der Waals surface area contributed by atoms with E-state index in [9.17, 15) is 4.79 Å². The van der Waals surface area contributed by atoms with Gasteiger partial charge in [0.25, 0.3) is 0 Å². The van der Waals surface area contributed by atoms with Crippen LogP contribution in [-0.4, -0.2) is 20.7 Å². The van der Waals surface area contributed by atoms with Gasteiger partial charge in [-0.1, -0.05) is 11.6 Å². The molecule has 0 radical (unpaired) electrons. The van der Waals surface area contributed by atoms with Crippen LogP contribution in [0.1, 0.15) is 17.0 Å². The summed E-state index contributed by atoms with van der Waals surface area (Å²) in [6.45, 7) is 2.29. The number of carbonyl (C=O) groups is 1. The van der Waals surface area contributed by atoms with Gasteiger partial charge in [-0.05, 0) is 43.3 Å². The lowest BCUT2D eigenvalue weighted by atomic mass is 10.3. The summed E-state index contributed by atoms with van der Waals surface area (Å²) in [4.78, 5) is 16.7. The summed E-state index contributed by atoms with van der Waals surface area (Å²) in [5.41, 5.74) is 2.54. The van der Waals surface area contributed by atoms with E-state index in [-0.39, 0.29) is 12.3 Å². The molecule has 0 aliphatic rings. The maximum absolute atomic E-state index is 12.2. The minimum atomic E-state index is -0.0910. The fraction of sp³-hybridized carbons (Fsp3) is 0.150. The standard InChI is InChI=1S/C20H17ClN4O2S/c1-13-2-7-18(27-13)20-24-16(12-28-20)8-19(26)22-9-14-10-23-25(11-14)17-5-3-15(21)4-6-17/h2-7,10-12H,8-9H2,1H3,(H,22,26). The van der Waals surface area contributed by atoms with Crippen LogP contribution in [0.15, 0.2) is 58.6 Å². The number of rotatable bonds is 6. The number of amides is 1. The molecule has 28 heavy (non-hydrogen) atoms. The van der Waals surface area contributed by atoms with Crippen molar-refractivity contribution in [2.24, 2.45) is 0 Å². The first kappa shape index (κ1) is 18.5. The Balaban J connectivity index is 1.32. The Kier molecular flexibility index (Phi) is 5.27. The molecule has 8 heteroatoms. The number of benzene rings is 1. The Bertz CT molecular complexity index is 1100. The molecule has 0 atom stereocenters. The summed E-state index contributed by atoms with van der Waals surface area (Å²) in [6.07, 6.45) is 3.83. The maximum Gasteiger partial charge on any atom is 0.226 e. The second-order valence-corrected chi connectivity index (χ2v) is 7.57. The number of nitrogens with one attached hydrogen (secondary N) is 1. The molecule has 3 heterocycles. The molecule has 4 aromatic rings. The van der Waals surface area contributed by atoms with Gasteiger partial charge < -0.3 is 9.73 Å². The Morgan fingerprint density at radius 2 is 2.07 bits per heavy atom. The van der Waals surface area contributed by atoms with Crippen molar-refractivity contribution in [3.8, 4) is 16.5 Å². The van der Waals surface area contributed by atoms with Gasteiger partial charge in [0.2, 0.25) is 5.91 Å². The monoisotopic (exact) mass is 412 g/mol. The highest BCUT2D eigenvalue weighted by Crippen LogP contribution is 2.25. The Labute approximate surface area is 170 Å². The molecule has 0 fully saturated rings. The van der Waals surface area contributed by atoms with Crippen molar-refractivity contribution >= 4 is 28.8 Å². The fourth-order valence-electron chi connectivity index (χ4n) is 2.66. The van der Waals surface area contributed by atoms with Crippen molar-refractivity contribution in [3.05, 3.63) is 76.2 Å². The second kappa shape index (κ2) is 8.00. The van der Waals surface area contributed by atoms with Gasteiger partial charge in [0.15, 0.2) is 10.8 Å². The van der Waals surface area contributed by atoms with Gasteiger partial charge in [-0.15, -0.1) is 11.3 Å². The van der Waals surface area contributed by atoms with Gasteiger partial charge in [0.1, 0.15) is 5.76 Å². The van der Waals surface area contributed by atoms with Gasteiger partial charge >= 0.3 is 0 Å². The molecule has 0 bridgehead atoms. The third-order valence-electron chi connectivity index (χ3n) is 4.06. The lowest BCUT2D eigenvalue weighted by Crippen LogP contribution is -2.24. The zero-order valence-corrected chi connectivity index (χ0v) is 16.6. The van der Waals surface area contributed by atoms with Gasteiger partial charge in [-0.2, -0.15) is 5.10 Å². The predicted molar refractivity (Wildman–Crippen MR) is 109 cm³/mol. The summed E-state index contributed by atoms with van der Waals surface area (Å²) in [7, 11) is 0. The number of thiazole rings is 1. The van der Waals surface area contributed by atoms with E-state index in [1.807, 2.05) is 54.9 Å². The Hall–Kier alpha value is -2.90. The van der Waals surface area contributed by atoms with Crippen molar-refractivity contribution in [1.29, 1.82) is 0 Å². The van der Waals surface area contributed by atoms with Crippen LogP contribution in [-0.2, 0) is 17.8 Å². The fourth-order valence-corrected chi connectivity index (χ4v) is 3.57. The summed E-state index contributed by atoms with van der Waals surface area (Å²) in [5.74, 6) is 1.47. The van der Waals surface area contributed by atoms with Gasteiger partial charge in [0, 0.05) is 28.7 Å². The van der Waals surface area contributed by atoms with E-state index in [0.717, 1.165) is 33.5 Å². The highest BCUT2D eigenvalue weighted by molar-refractivity contribution is 7.13. The van der Waals surface area contributed by atoms with Crippen LogP contribution in [0.5, 0.6) is 0 Å². The predicted octanol–water partition coefficient (Wildman–Crippen LogP) is 4.41. The average Bonchev–Trinajstić information content (AvgIpc) is 3.41. The summed E-state index contributed by atoms with van der Waals surface area (Å²) >= 11 is 7.37. The molecule has 142 valence electrons. The number of aryl methyl sites for hydroxylation is 1. The van der Waals surface area contributed by atoms with E-state index in [4.69, 9.17) is 16.0 Å². The van der Waals surface area contributed by atoms with Crippen molar-refractivity contribution < 1.29 is 9.21 Å². The molecule has 0 aliphatic carbocycles. The largest absolute Gasteiger partial charge is 0.459 e. The molecule has 0 unspecified atom stereocenters. The second-order valence-electron chi connectivity index (χ2n) is 6.28. The first-order chi connectivity index (χ1) is 13.6. The first-order valence-electron chi connectivity index (χ1n) is 8.64. The topological polar surface area (TPSA) is 73.0 Å². The lowest BCUT2D eigenvalue weighted by molar-refractivity contribution is -0.120. The summed E-state index contributed by atoms with van der Waals surface area (Å²) in [6, 6.07) is 11.2. The smallest absolute Gasteiger partial charge is 0.226 e. The molecule has 1 aromatic carbocycles. The van der Waals surface area contributed by atoms with Crippen LogP contribution in [0.25, 0.3) is 16.5 Å². The number of hydrogen-bond acceptors (Lipinski definition) is 5. The third kappa shape index (κ3) is 4.32. The molecular weight excluding hydrogens is 396 g/mol. The quantitative estimate of drug-likeness (QED) is 0.509. The minimum absolute atomic E-state index is 0.0910. The van der Waals surface area contributed by atoms with Crippen LogP contribution in [0.3, 0.4) is 0 Å². The molecule has 1 amide bonds. The van der Waals surface area contributed by atoms with Crippen LogP contribution >= 0.6 is 22.9 Å². The Morgan fingerprint density at radius 1 is 1.25 bits per heavy atom. The average molecular weight is 413 g/mol. The number of furan rings is 1. The normalized spacial score (nSPS) is 10.9. The van der Waals surface area contributed by atoms with Crippen LogP contribution < -0.4 is 5.32 Å². The van der Waals surface area contributed by atoms with Gasteiger partial charge in [0.05, 0.1) is 24.0 Å². The SMILES string of the molecule is Cc1ccc(-c2nc(CC(=O)NCc3cnn(-c4ccc(Cl)cc4)c3)cs2)o1. The van der Waals surface area contributed by atoms with E-state index in [1.165, 1.54) is 11.3 Å². The van der Waals surface area contributed by atoms with Crippen molar-refractivity contribution in [3.63, 3.8) is 0 Å². The van der Waals surface area contributed by atoms with Crippen molar-refractivity contribution in [1.82, 2.24) is 20.1 Å². The highest BCUT2D eigenvalue weighted by Gasteiger charge is 2.11. The molecule has 4 rings (SSSR count). The van der Waals surface area contributed by atoms with E-state index in [1.54, 1.807) is 10.9 Å². The van der Waals surface area contributed by atoms with E-state index < -0.39 is 0 Å². The highest BCUT2D eigenvalue weighted by atomic mass is 35.5. The summed E-state index contributed by atoms with van der Waals surface area (Å²) < 4.78 is 7.32. The first-order valence-corrected chi connectivity index (χ1v) is 9.90. The number of nitrogens with zero attached hydrogens (tertiary/aromatic N) is 3. The van der Waals surface area contributed by atoms with Gasteiger partial charge in [-0.25, -0.2) is 9.67 Å². The zero-order chi connectivity index (χ0) is 19.5. The van der Waals surface area contributed by atoms with Crippen molar-refractivity contribution in [2.75, 3.05) is 0 Å². The Morgan fingerprint density at radius 3 is 2.82 bits per heavy atom. The van der Waals surface area contributed by atoms with E-state index in [0.29, 0.717) is 11.6 Å². The van der Waals surface area contributed by atoms with Crippen LogP contribution in [0, 0.1) is 6.92 Å². The van der Waals surface area contributed by atoms with Crippen LogP contribution in [0.4, 0.5) is 0 Å². The van der Waals surface area contributed by atoms with E-state index in [2.05, 4.69) is 15.4 Å². The van der Waals surface area contributed by atoms with Crippen molar-refractivity contribution in [2.45, 2.75) is 19.9 Å². The molecule has 0 aliphatic heterocycles. The van der Waals surface area contributed by atoms with Crippen LogP contribution in [0.2, 0.25) is 5.02 Å². The maximum atomic E-state index is 12.2. The number of hydrogen-bond donors (Lipinski definition) is 1. The van der Waals surface area contributed by atoms with Gasteiger partial charge in [-0.3, -0.25) is 4.79 Å². The molecule has 6 nitrogen and oxygen atoms in total. The zero-order valence-electron chi connectivity index (χ0n) is 15.1. The molecule has 0 saturated heterocycles. The molecular formula is C20H17ClN4O2S. The number of carbonyl (C=O) groups excluding carboxylic acids is 1. The molecule has 0 saturated carbocycles. The molecule has 3 aromatic heterocycles. The van der Waals surface area contributed by atoms with E-state index >= 15 is 0 Å². The number of aromatic nitrogens is 3. The minimum Gasteiger partial charge on any atom is -0.459 e. The third-order valence-corrected chi connectivity index (χ3v) is 5.22. The molecule has 1 N–H and O–H groups in total. The lowest BCUT2D eigenvalue weighted by Gasteiger charge is -2.02.